The van der Waals surface area contributed by atoms with E-state index in [4.69, 9.17) is 14.2 Å². The molecule has 0 rings (SSSR count). The number of carbonyl (C=O) groups is 3. The molecule has 0 fully saturated rings. The van der Waals surface area contributed by atoms with Crippen molar-refractivity contribution in [3.63, 3.8) is 0 Å². The molecule has 416 valence electrons. The summed E-state index contributed by atoms with van der Waals surface area (Å²) >= 11 is 0. The van der Waals surface area contributed by atoms with Gasteiger partial charge in [-0.1, -0.05) is 246 Å². The van der Waals surface area contributed by atoms with Crippen LogP contribution in [0.4, 0.5) is 0 Å². The van der Waals surface area contributed by atoms with Crippen molar-refractivity contribution in [2.45, 2.75) is 284 Å². The van der Waals surface area contributed by atoms with Crippen LogP contribution in [0.15, 0.2) is 109 Å². The Labute approximate surface area is 450 Å². The number of rotatable bonds is 54. The Kier molecular flexibility index (Phi) is 57.4. The summed E-state index contributed by atoms with van der Waals surface area (Å²) in [5.74, 6) is -0.936. The van der Waals surface area contributed by atoms with Gasteiger partial charge in [0.25, 0.3) is 0 Å². The van der Waals surface area contributed by atoms with Gasteiger partial charge in [0.15, 0.2) is 6.10 Å². The van der Waals surface area contributed by atoms with E-state index in [9.17, 15) is 14.4 Å². The third kappa shape index (κ3) is 58.8. The highest BCUT2D eigenvalue weighted by Gasteiger charge is 2.19. The van der Waals surface area contributed by atoms with Crippen LogP contribution >= 0.6 is 0 Å². The second-order valence-corrected chi connectivity index (χ2v) is 19.8. The van der Waals surface area contributed by atoms with Crippen LogP contribution in [0.5, 0.6) is 0 Å². The Morgan fingerprint density at radius 1 is 0.288 bits per heavy atom. The van der Waals surface area contributed by atoms with Crippen LogP contribution in [-0.2, 0) is 28.6 Å². The molecule has 0 aliphatic carbocycles. The lowest BCUT2D eigenvalue weighted by molar-refractivity contribution is -0.167. The van der Waals surface area contributed by atoms with Crippen LogP contribution in [0, 0.1) is 0 Å². The van der Waals surface area contributed by atoms with E-state index < -0.39 is 6.10 Å². The molecule has 0 N–H and O–H groups in total. The van der Waals surface area contributed by atoms with Crippen LogP contribution < -0.4 is 0 Å². The zero-order chi connectivity index (χ0) is 52.9. The van der Waals surface area contributed by atoms with Crippen LogP contribution in [0.25, 0.3) is 0 Å². The summed E-state index contributed by atoms with van der Waals surface area (Å²) in [5.41, 5.74) is 0. The van der Waals surface area contributed by atoms with Gasteiger partial charge in [-0.2, -0.15) is 0 Å². The lowest BCUT2D eigenvalue weighted by Crippen LogP contribution is -2.30. The molecule has 0 spiro atoms. The first-order chi connectivity index (χ1) is 36.0. The van der Waals surface area contributed by atoms with E-state index >= 15 is 0 Å². The summed E-state index contributed by atoms with van der Waals surface area (Å²) in [6, 6.07) is 0. The lowest BCUT2D eigenvalue weighted by Gasteiger charge is -2.18. The molecule has 0 aliphatic heterocycles. The fourth-order valence-electron chi connectivity index (χ4n) is 8.24. The van der Waals surface area contributed by atoms with Crippen molar-refractivity contribution < 1.29 is 28.6 Å². The Morgan fingerprint density at radius 3 is 0.836 bits per heavy atom. The standard InChI is InChI=1S/C67H112O6/c1-4-7-10-13-16-19-22-25-28-30-31-32-33-34-35-37-39-42-45-48-51-54-57-60-66(69)72-63-64(62-71-65(68)59-56-53-50-47-44-41-38-27-24-21-18-15-12-9-6-3)73-67(70)61-58-55-52-49-46-43-40-36-29-26-23-20-17-14-11-8-5-2/h8-9,11-12,17-18,20-22,25-27,29-31,38,40,43,64H,4-7,10,13-16,19,23-24,28,32-37,39,41-42,44-63H2,1-3H3/b11-8-,12-9-,20-17-,21-18-,25-22-,29-26-,31-30-,38-27-,43-40-. The maximum Gasteiger partial charge on any atom is 0.306 e. The number of carbonyl (C=O) groups excluding carboxylic acids is 3. The van der Waals surface area contributed by atoms with Gasteiger partial charge in [-0.25, -0.2) is 0 Å². The number of unbranched alkanes of at least 4 members (excludes halogenated alkanes) is 25. The van der Waals surface area contributed by atoms with E-state index in [1.54, 1.807) is 0 Å². The molecule has 1 unspecified atom stereocenters. The van der Waals surface area contributed by atoms with Crippen molar-refractivity contribution >= 4 is 17.9 Å². The molecule has 0 bridgehead atoms. The number of esters is 3. The quantitative estimate of drug-likeness (QED) is 0.0261. The van der Waals surface area contributed by atoms with E-state index in [0.29, 0.717) is 19.3 Å². The van der Waals surface area contributed by atoms with Gasteiger partial charge in [0.2, 0.25) is 0 Å². The molecular formula is C67H112O6. The molecule has 1 atom stereocenters. The van der Waals surface area contributed by atoms with Gasteiger partial charge >= 0.3 is 17.9 Å². The first-order valence-electron chi connectivity index (χ1n) is 30.4. The number of ether oxygens (including phenoxy) is 3. The highest BCUT2D eigenvalue weighted by Crippen LogP contribution is 2.15. The van der Waals surface area contributed by atoms with E-state index in [-0.39, 0.29) is 31.1 Å². The molecule has 0 aromatic rings. The highest BCUT2D eigenvalue weighted by atomic mass is 16.6. The first-order valence-corrected chi connectivity index (χ1v) is 30.4. The molecule has 6 heteroatoms. The molecule has 0 heterocycles. The third-order valence-corrected chi connectivity index (χ3v) is 12.7. The molecule has 6 nitrogen and oxygen atoms in total. The molecule has 0 aromatic heterocycles. The summed E-state index contributed by atoms with van der Waals surface area (Å²) in [6.45, 7) is 6.38. The lowest BCUT2D eigenvalue weighted by atomic mass is 10.0. The van der Waals surface area contributed by atoms with E-state index in [0.717, 1.165) is 141 Å². The SMILES string of the molecule is CC/C=C\C/C=C\C/C=C\C/C=C\CCCCCCC(=O)OC(COC(=O)CCCCCCC/C=C\C/C=C\C/C=C\CC)COC(=O)CCCCCCCCCCCCC/C=C\C/C=C\CCCCCCC. The number of allylic oxidation sites excluding steroid dienone is 18. The van der Waals surface area contributed by atoms with Crippen molar-refractivity contribution in [3.05, 3.63) is 109 Å². The molecule has 0 saturated carbocycles. The fourth-order valence-corrected chi connectivity index (χ4v) is 8.24. The van der Waals surface area contributed by atoms with Crippen molar-refractivity contribution in [2.75, 3.05) is 13.2 Å². The van der Waals surface area contributed by atoms with Gasteiger partial charge in [0.1, 0.15) is 13.2 Å². The van der Waals surface area contributed by atoms with Crippen molar-refractivity contribution in [1.82, 2.24) is 0 Å². The molecule has 0 aliphatic rings. The summed E-state index contributed by atoms with van der Waals surface area (Å²) in [4.78, 5) is 38.2. The number of hydrogen-bond acceptors (Lipinski definition) is 6. The van der Waals surface area contributed by atoms with Gasteiger partial charge in [-0.15, -0.1) is 0 Å². The third-order valence-electron chi connectivity index (χ3n) is 12.7. The van der Waals surface area contributed by atoms with E-state index in [1.807, 2.05) is 0 Å². The van der Waals surface area contributed by atoms with Gasteiger partial charge in [0, 0.05) is 19.3 Å². The minimum absolute atomic E-state index is 0.0958. The van der Waals surface area contributed by atoms with Crippen LogP contribution in [0.2, 0.25) is 0 Å². The Morgan fingerprint density at radius 2 is 0.534 bits per heavy atom. The Bertz CT molecular complexity index is 1490. The molecule has 0 aromatic carbocycles. The zero-order valence-electron chi connectivity index (χ0n) is 47.6. The molecule has 0 radical (unpaired) electrons. The number of hydrogen-bond donors (Lipinski definition) is 0. The molecule has 0 amide bonds. The molecular weight excluding hydrogens is 901 g/mol. The highest BCUT2D eigenvalue weighted by molar-refractivity contribution is 5.71. The monoisotopic (exact) mass is 1010 g/mol. The predicted octanol–water partition coefficient (Wildman–Crippen LogP) is 20.7. The van der Waals surface area contributed by atoms with Crippen molar-refractivity contribution in [3.8, 4) is 0 Å². The van der Waals surface area contributed by atoms with Gasteiger partial charge in [0.05, 0.1) is 0 Å². The molecule has 0 saturated heterocycles. The summed E-state index contributed by atoms with van der Waals surface area (Å²) < 4.78 is 16.9. The van der Waals surface area contributed by atoms with Crippen LogP contribution in [-0.4, -0.2) is 37.2 Å². The normalized spacial score (nSPS) is 12.9. The minimum Gasteiger partial charge on any atom is -0.462 e. The van der Waals surface area contributed by atoms with Crippen molar-refractivity contribution in [1.29, 1.82) is 0 Å². The zero-order valence-corrected chi connectivity index (χ0v) is 47.6. The maximum atomic E-state index is 12.9. The summed E-state index contributed by atoms with van der Waals surface area (Å²) in [6.07, 6.45) is 82.3. The minimum atomic E-state index is -0.802. The summed E-state index contributed by atoms with van der Waals surface area (Å²) in [7, 11) is 0. The van der Waals surface area contributed by atoms with Gasteiger partial charge < -0.3 is 14.2 Å². The second kappa shape index (κ2) is 60.6. The van der Waals surface area contributed by atoms with E-state index in [1.165, 1.54) is 96.3 Å². The second-order valence-electron chi connectivity index (χ2n) is 19.8. The fraction of sp³-hybridized carbons (Fsp3) is 0.687. The Balaban J connectivity index is 4.40. The van der Waals surface area contributed by atoms with Crippen LogP contribution in [0.1, 0.15) is 278 Å². The van der Waals surface area contributed by atoms with Gasteiger partial charge in [-0.05, 0) is 122 Å². The largest absolute Gasteiger partial charge is 0.462 e. The van der Waals surface area contributed by atoms with Gasteiger partial charge in [-0.3, -0.25) is 14.4 Å². The average molecular weight is 1010 g/mol. The van der Waals surface area contributed by atoms with Crippen LogP contribution in [0.3, 0.4) is 0 Å². The van der Waals surface area contributed by atoms with E-state index in [2.05, 4.69) is 130 Å². The topological polar surface area (TPSA) is 78.9 Å². The van der Waals surface area contributed by atoms with Crippen molar-refractivity contribution in [2.24, 2.45) is 0 Å². The predicted molar refractivity (Wildman–Crippen MR) is 316 cm³/mol. The molecule has 73 heavy (non-hydrogen) atoms. The first kappa shape index (κ1) is 69.1. The smallest absolute Gasteiger partial charge is 0.306 e. The summed E-state index contributed by atoms with van der Waals surface area (Å²) in [5, 5.41) is 0. The Hall–Kier alpha value is -3.93. The maximum absolute atomic E-state index is 12.9. The average Bonchev–Trinajstić information content (AvgIpc) is 3.39.